The molecule has 0 aliphatic carbocycles. The van der Waals surface area contributed by atoms with Crippen LogP contribution in [0.1, 0.15) is 11.7 Å². The molecule has 0 aromatic heterocycles. The average molecular weight is 333 g/mol. The number of rotatable bonds is 4. The Morgan fingerprint density at radius 3 is 2.25 bits per heavy atom. The van der Waals surface area contributed by atoms with Crippen molar-refractivity contribution >= 4 is 40.5 Å². The van der Waals surface area contributed by atoms with Gasteiger partial charge in [0.2, 0.25) is 0 Å². The van der Waals surface area contributed by atoms with Gasteiger partial charge in [0.15, 0.2) is 0 Å². The van der Waals surface area contributed by atoms with Crippen LogP contribution >= 0.6 is 34.8 Å². The molecule has 0 aliphatic heterocycles. The number of benzene rings is 2. The third-order valence-corrected chi connectivity index (χ3v) is 3.71. The molecule has 0 heterocycles. The van der Waals surface area contributed by atoms with Gasteiger partial charge in [-0.3, -0.25) is 0 Å². The molecule has 20 heavy (non-hydrogen) atoms. The molecule has 0 amide bonds. The number of aliphatic hydroxyl groups is 1. The van der Waals surface area contributed by atoms with Crippen molar-refractivity contribution in [2.45, 2.75) is 6.10 Å². The first-order valence-corrected chi connectivity index (χ1v) is 6.91. The number of halogens is 3. The molecule has 1 atom stereocenters. The van der Waals surface area contributed by atoms with Crippen LogP contribution in [0.2, 0.25) is 15.1 Å². The Morgan fingerprint density at radius 2 is 1.60 bits per heavy atom. The van der Waals surface area contributed by atoms with Crippen molar-refractivity contribution in [3.8, 4) is 5.75 Å². The molecule has 6 heteroatoms. The number of hydrogen-bond donors (Lipinski definition) is 2. The van der Waals surface area contributed by atoms with Crippen molar-refractivity contribution in [3.05, 3.63) is 57.0 Å². The second-order valence-electron chi connectivity index (χ2n) is 4.19. The van der Waals surface area contributed by atoms with Gasteiger partial charge >= 0.3 is 0 Å². The van der Waals surface area contributed by atoms with Crippen molar-refractivity contribution in [2.75, 3.05) is 12.3 Å². The molecule has 0 fully saturated rings. The summed E-state index contributed by atoms with van der Waals surface area (Å²) in [5.74, 6) is 0.371. The number of nitrogens with two attached hydrogens (primary N) is 1. The first-order valence-electron chi connectivity index (χ1n) is 5.78. The van der Waals surface area contributed by atoms with E-state index in [4.69, 9.17) is 45.3 Å². The van der Waals surface area contributed by atoms with Crippen LogP contribution in [0.15, 0.2) is 36.4 Å². The number of aliphatic hydroxyl groups excluding tert-OH is 1. The van der Waals surface area contributed by atoms with Crippen molar-refractivity contribution in [3.63, 3.8) is 0 Å². The predicted octanol–water partition coefficient (Wildman–Crippen LogP) is 4.34. The van der Waals surface area contributed by atoms with Crippen molar-refractivity contribution < 1.29 is 9.84 Å². The number of anilines is 1. The van der Waals surface area contributed by atoms with Gasteiger partial charge in [0, 0.05) is 11.8 Å². The maximum absolute atomic E-state index is 10.0. The summed E-state index contributed by atoms with van der Waals surface area (Å²) in [6.45, 7) is 0.0433. The monoisotopic (exact) mass is 331 g/mol. The Bertz CT molecular complexity index is 602. The van der Waals surface area contributed by atoms with Gasteiger partial charge in [0.05, 0.1) is 15.1 Å². The van der Waals surface area contributed by atoms with E-state index in [0.717, 1.165) is 0 Å². The zero-order valence-corrected chi connectivity index (χ0v) is 12.6. The van der Waals surface area contributed by atoms with Crippen LogP contribution in [-0.2, 0) is 0 Å². The first kappa shape index (κ1) is 15.3. The van der Waals surface area contributed by atoms with Gasteiger partial charge < -0.3 is 15.6 Å². The lowest BCUT2D eigenvalue weighted by Crippen LogP contribution is -2.10. The highest BCUT2D eigenvalue weighted by atomic mass is 35.5. The Kier molecular flexibility index (Phi) is 5.00. The fourth-order valence-corrected chi connectivity index (χ4v) is 2.19. The van der Waals surface area contributed by atoms with Gasteiger partial charge in [-0.2, -0.15) is 0 Å². The van der Waals surface area contributed by atoms with Crippen LogP contribution in [0.25, 0.3) is 0 Å². The summed E-state index contributed by atoms with van der Waals surface area (Å²) in [6, 6.07) is 9.91. The highest BCUT2D eigenvalue weighted by Gasteiger charge is 2.11. The van der Waals surface area contributed by atoms with Crippen molar-refractivity contribution in [2.24, 2.45) is 0 Å². The van der Waals surface area contributed by atoms with E-state index in [-0.39, 0.29) is 6.61 Å². The van der Waals surface area contributed by atoms with Gasteiger partial charge in [-0.25, -0.2) is 0 Å². The quantitative estimate of drug-likeness (QED) is 0.647. The second-order valence-corrected chi connectivity index (χ2v) is 5.41. The number of nitrogen functional groups attached to an aromatic ring is 1. The standard InChI is InChI=1S/C14H12Cl3NO2/c15-10-5-12(17)14(6-11(10)16)20-7-13(19)8-1-3-9(18)4-2-8/h1-6,13,19H,7,18H2. The summed E-state index contributed by atoms with van der Waals surface area (Å²) in [5, 5.41) is 11.0. The Hall–Kier alpha value is -1.13. The Labute approximate surface area is 131 Å². The minimum Gasteiger partial charge on any atom is -0.489 e. The first-order chi connectivity index (χ1) is 9.47. The Morgan fingerprint density at radius 1 is 1.00 bits per heavy atom. The molecule has 2 rings (SSSR count). The van der Waals surface area contributed by atoms with E-state index in [1.807, 2.05) is 0 Å². The smallest absolute Gasteiger partial charge is 0.139 e. The molecule has 106 valence electrons. The van der Waals surface area contributed by atoms with E-state index in [9.17, 15) is 5.11 Å². The molecule has 1 unspecified atom stereocenters. The van der Waals surface area contributed by atoms with E-state index in [2.05, 4.69) is 0 Å². The maximum atomic E-state index is 10.0. The summed E-state index contributed by atoms with van der Waals surface area (Å²) in [6.07, 6.45) is -0.791. The summed E-state index contributed by atoms with van der Waals surface area (Å²) in [4.78, 5) is 0. The zero-order chi connectivity index (χ0) is 14.7. The molecule has 3 nitrogen and oxygen atoms in total. The lowest BCUT2D eigenvalue weighted by Gasteiger charge is -2.14. The van der Waals surface area contributed by atoms with Crippen LogP contribution in [0.4, 0.5) is 5.69 Å². The molecule has 0 spiro atoms. The SMILES string of the molecule is Nc1ccc(C(O)COc2cc(Cl)c(Cl)cc2Cl)cc1. The third-order valence-electron chi connectivity index (χ3n) is 2.69. The lowest BCUT2D eigenvalue weighted by molar-refractivity contribution is 0.108. The van der Waals surface area contributed by atoms with Gasteiger partial charge in [0.1, 0.15) is 18.5 Å². The van der Waals surface area contributed by atoms with Crippen LogP contribution in [0, 0.1) is 0 Å². The van der Waals surface area contributed by atoms with E-state index >= 15 is 0 Å². The molecule has 2 aromatic rings. The topological polar surface area (TPSA) is 55.5 Å². The van der Waals surface area contributed by atoms with E-state index < -0.39 is 6.10 Å². The van der Waals surface area contributed by atoms with Crippen LogP contribution in [0.3, 0.4) is 0 Å². The Balaban J connectivity index is 2.05. The summed E-state index contributed by atoms with van der Waals surface area (Å²) in [5.41, 5.74) is 6.92. The minimum absolute atomic E-state index is 0.0433. The summed E-state index contributed by atoms with van der Waals surface area (Å²) in [7, 11) is 0. The maximum Gasteiger partial charge on any atom is 0.139 e. The van der Waals surface area contributed by atoms with Crippen LogP contribution < -0.4 is 10.5 Å². The highest BCUT2D eigenvalue weighted by Crippen LogP contribution is 2.34. The second kappa shape index (κ2) is 6.55. The van der Waals surface area contributed by atoms with Gasteiger partial charge in [0.25, 0.3) is 0 Å². The molecular formula is C14H12Cl3NO2. The van der Waals surface area contributed by atoms with Crippen molar-refractivity contribution in [1.29, 1.82) is 0 Å². The summed E-state index contributed by atoms with van der Waals surface area (Å²) >= 11 is 17.7. The lowest BCUT2D eigenvalue weighted by atomic mass is 10.1. The van der Waals surface area contributed by atoms with Crippen molar-refractivity contribution in [1.82, 2.24) is 0 Å². The minimum atomic E-state index is -0.791. The third kappa shape index (κ3) is 3.70. The largest absolute Gasteiger partial charge is 0.489 e. The predicted molar refractivity (Wildman–Crippen MR) is 82.8 cm³/mol. The molecule has 0 saturated carbocycles. The molecule has 2 aromatic carbocycles. The number of ether oxygens (including phenoxy) is 1. The zero-order valence-electron chi connectivity index (χ0n) is 10.3. The van der Waals surface area contributed by atoms with E-state index in [1.165, 1.54) is 12.1 Å². The van der Waals surface area contributed by atoms with Gasteiger partial charge in [-0.05, 0) is 23.8 Å². The van der Waals surface area contributed by atoms with E-state index in [0.29, 0.717) is 32.1 Å². The summed E-state index contributed by atoms with van der Waals surface area (Å²) < 4.78 is 5.46. The van der Waals surface area contributed by atoms with Crippen LogP contribution in [0.5, 0.6) is 5.75 Å². The number of hydrogen-bond acceptors (Lipinski definition) is 3. The molecular weight excluding hydrogens is 321 g/mol. The molecule has 0 aliphatic rings. The molecule has 0 radical (unpaired) electrons. The van der Waals surface area contributed by atoms with E-state index in [1.54, 1.807) is 24.3 Å². The molecule has 0 bridgehead atoms. The molecule has 0 saturated heterocycles. The fraction of sp³-hybridized carbons (Fsp3) is 0.143. The highest BCUT2D eigenvalue weighted by molar-refractivity contribution is 6.43. The average Bonchev–Trinajstić information content (AvgIpc) is 2.42. The van der Waals surface area contributed by atoms with Gasteiger partial charge in [-0.15, -0.1) is 0 Å². The van der Waals surface area contributed by atoms with Gasteiger partial charge in [-0.1, -0.05) is 46.9 Å². The fourth-order valence-electron chi connectivity index (χ4n) is 1.60. The van der Waals surface area contributed by atoms with Crippen LogP contribution in [-0.4, -0.2) is 11.7 Å². The normalized spacial score (nSPS) is 12.2. The molecule has 3 N–H and O–H groups in total.